The van der Waals surface area contributed by atoms with Crippen molar-refractivity contribution in [2.45, 2.75) is 51.9 Å². The zero-order valence-electron chi connectivity index (χ0n) is 17.5. The minimum atomic E-state index is -1.83. The second-order valence-electron chi connectivity index (χ2n) is 8.46. The van der Waals surface area contributed by atoms with Crippen LogP contribution in [0, 0.1) is 0 Å². The zero-order chi connectivity index (χ0) is 21.2. The van der Waals surface area contributed by atoms with E-state index in [4.69, 9.17) is 9.26 Å². The van der Waals surface area contributed by atoms with E-state index in [2.05, 4.69) is 49.4 Å². The number of amides is 2. The predicted molar refractivity (Wildman–Crippen MR) is 108 cm³/mol. The van der Waals surface area contributed by atoms with Crippen molar-refractivity contribution in [1.82, 2.24) is 25.3 Å². The van der Waals surface area contributed by atoms with Crippen molar-refractivity contribution in [3.63, 3.8) is 0 Å². The number of imide groups is 1. The highest BCUT2D eigenvalue weighted by atomic mass is 28.4. The summed E-state index contributed by atoms with van der Waals surface area (Å²) in [6.45, 7) is 11.9. The lowest BCUT2D eigenvalue weighted by molar-refractivity contribution is -0.0943. The van der Waals surface area contributed by atoms with E-state index >= 15 is 0 Å². The molecule has 0 aliphatic carbocycles. The first-order valence-corrected chi connectivity index (χ1v) is 12.5. The fourth-order valence-electron chi connectivity index (χ4n) is 2.69. The number of rotatable bonds is 8. The van der Waals surface area contributed by atoms with Gasteiger partial charge in [-0.1, -0.05) is 32.9 Å². The Morgan fingerprint density at radius 3 is 2.24 bits per heavy atom. The molecule has 2 heterocycles. The van der Waals surface area contributed by atoms with E-state index in [1.54, 1.807) is 28.9 Å². The van der Waals surface area contributed by atoms with Gasteiger partial charge in [-0.05, 0) is 40.7 Å². The third-order valence-electron chi connectivity index (χ3n) is 5.48. The number of carbonyl (C=O) groups is 2. The Balaban J connectivity index is 1.51. The first-order valence-electron chi connectivity index (χ1n) is 9.61. The molecule has 1 aliphatic heterocycles. The van der Waals surface area contributed by atoms with E-state index in [1.807, 2.05) is 0 Å². The third kappa shape index (κ3) is 4.44. The molecule has 0 spiro atoms. The van der Waals surface area contributed by atoms with E-state index in [0.29, 0.717) is 36.5 Å². The van der Waals surface area contributed by atoms with Crippen LogP contribution in [-0.2, 0) is 22.2 Å². The predicted octanol–water partition coefficient (Wildman–Crippen LogP) is 2.47. The maximum Gasteiger partial charge on any atom is 0.285 e. The van der Waals surface area contributed by atoms with E-state index in [1.165, 1.54) is 0 Å². The third-order valence-corrected chi connectivity index (χ3v) is 10.0. The van der Waals surface area contributed by atoms with Gasteiger partial charge in [-0.15, -0.1) is 10.2 Å². The van der Waals surface area contributed by atoms with Crippen LogP contribution in [0.4, 0.5) is 0 Å². The summed E-state index contributed by atoms with van der Waals surface area (Å²) >= 11 is 0. The van der Waals surface area contributed by atoms with Crippen molar-refractivity contribution in [3.8, 4) is 0 Å². The molecule has 2 amide bonds. The van der Waals surface area contributed by atoms with Crippen LogP contribution in [0.3, 0.4) is 0 Å². The fourth-order valence-corrected chi connectivity index (χ4v) is 3.74. The molecule has 29 heavy (non-hydrogen) atoms. The van der Waals surface area contributed by atoms with Gasteiger partial charge >= 0.3 is 0 Å². The number of benzene rings is 1. The minimum Gasteiger partial charge on any atom is -0.416 e. The SMILES string of the molecule is CC(C)(C)[Si](C)(C)OCCc1nnnn1CCON1C(=O)c2ccccc2C1=O. The second kappa shape index (κ2) is 8.13. The number of nitrogens with zero attached hydrogens (tertiary/aromatic N) is 5. The summed E-state index contributed by atoms with van der Waals surface area (Å²) in [6.07, 6.45) is 0.576. The molecule has 156 valence electrons. The lowest BCUT2D eigenvalue weighted by atomic mass is 10.1. The van der Waals surface area contributed by atoms with Gasteiger partial charge < -0.3 is 4.43 Å². The van der Waals surface area contributed by atoms with Crippen molar-refractivity contribution in [1.29, 1.82) is 0 Å². The van der Waals surface area contributed by atoms with Gasteiger partial charge in [-0.3, -0.25) is 14.4 Å². The molecule has 1 aliphatic rings. The van der Waals surface area contributed by atoms with Crippen LogP contribution in [0.2, 0.25) is 18.1 Å². The van der Waals surface area contributed by atoms with E-state index in [9.17, 15) is 9.59 Å². The Kier molecular flexibility index (Phi) is 5.97. The summed E-state index contributed by atoms with van der Waals surface area (Å²) in [6, 6.07) is 6.65. The zero-order valence-corrected chi connectivity index (χ0v) is 18.5. The van der Waals surface area contributed by atoms with Crippen molar-refractivity contribution < 1.29 is 18.9 Å². The van der Waals surface area contributed by atoms with Crippen LogP contribution < -0.4 is 0 Å². The van der Waals surface area contributed by atoms with Gasteiger partial charge in [0.05, 0.1) is 24.3 Å². The Bertz CT molecular complexity index is 871. The van der Waals surface area contributed by atoms with Crippen LogP contribution in [0.25, 0.3) is 0 Å². The first-order chi connectivity index (χ1) is 13.6. The van der Waals surface area contributed by atoms with E-state index < -0.39 is 20.1 Å². The average Bonchev–Trinajstić information content (AvgIpc) is 3.19. The molecule has 0 unspecified atom stereocenters. The van der Waals surface area contributed by atoms with Crippen LogP contribution in [-0.4, -0.2) is 58.6 Å². The summed E-state index contributed by atoms with van der Waals surface area (Å²) in [5, 5.41) is 12.7. The highest BCUT2D eigenvalue weighted by Gasteiger charge is 2.37. The molecular formula is C19H27N5O4Si. The summed E-state index contributed by atoms with van der Waals surface area (Å²) in [4.78, 5) is 30.0. The molecule has 2 aromatic rings. The topological polar surface area (TPSA) is 99.4 Å². The molecular weight excluding hydrogens is 390 g/mol. The maximum atomic E-state index is 12.3. The largest absolute Gasteiger partial charge is 0.416 e. The number of fused-ring (bicyclic) bond motifs is 1. The van der Waals surface area contributed by atoms with Crippen molar-refractivity contribution in [2.75, 3.05) is 13.2 Å². The molecule has 0 atom stereocenters. The molecule has 3 rings (SSSR count). The Morgan fingerprint density at radius 2 is 1.66 bits per heavy atom. The van der Waals surface area contributed by atoms with Crippen LogP contribution >= 0.6 is 0 Å². The number of hydrogen-bond acceptors (Lipinski definition) is 7. The van der Waals surface area contributed by atoms with E-state index in [0.717, 1.165) is 5.06 Å². The summed E-state index contributed by atoms with van der Waals surface area (Å²) in [7, 11) is -1.83. The van der Waals surface area contributed by atoms with Crippen LogP contribution in [0.1, 0.15) is 47.3 Å². The molecule has 1 aromatic carbocycles. The molecule has 10 heteroatoms. The molecule has 0 N–H and O–H groups in total. The van der Waals surface area contributed by atoms with Gasteiger partial charge in [0.15, 0.2) is 14.1 Å². The average molecular weight is 418 g/mol. The summed E-state index contributed by atoms with van der Waals surface area (Å²) in [5.74, 6) is -0.231. The monoisotopic (exact) mass is 417 g/mol. The van der Waals surface area contributed by atoms with Gasteiger partial charge in [0.25, 0.3) is 11.8 Å². The van der Waals surface area contributed by atoms with Crippen molar-refractivity contribution in [3.05, 3.63) is 41.2 Å². The van der Waals surface area contributed by atoms with Crippen LogP contribution in [0.5, 0.6) is 0 Å². The highest BCUT2D eigenvalue weighted by molar-refractivity contribution is 6.74. The standard InChI is InChI=1S/C19H27N5O4Si/c1-19(2,3)29(4,5)28-12-10-16-20-21-22-23(16)11-13-27-24-17(25)14-8-6-7-9-15(14)18(24)26/h6-9H,10-13H2,1-5H3. The summed E-state index contributed by atoms with van der Waals surface area (Å²) in [5.41, 5.74) is 0.701. The molecule has 1 aromatic heterocycles. The van der Waals surface area contributed by atoms with Crippen LogP contribution in [0.15, 0.2) is 24.3 Å². The number of aromatic nitrogens is 4. The maximum absolute atomic E-state index is 12.3. The van der Waals surface area contributed by atoms with Crippen molar-refractivity contribution >= 4 is 20.1 Å². The lowest BCUT2D eigenvalue weighted by Crippen LogP contribution is -2.41. The molecule has 0 bridgehead atoms. The Hall–Kier alpha value is -2.43. The number of hydrogen-bond donors (Lipinski definition) is 0. The quantitative estimate of drug-likeness (QED) is 0.480. The molecule has 9 nitrogen and oxygen atoms in total. The van der Waals surface area contributed by atoms with Crippen molar-refractivity contribution in [2.24, 2.45) is 0 Å². The molecule has 0 saturated heterocycles. The Labute approximate surface area is 171 Å². The highest BCUT2D eigenvalue weighted by Crippen LogP contribution is 2.36. The fraction of sp³-hybridized carbons (Fsp3) is 0.526. The molecule has 0 saturated carbocycles. The minimum absolute atomic E-state index is 0.0899. The molecule has 0 fully saturated rings. The van der Waals surface area contributed by atoms with E-state index in [-0.39, 0.29) is 11.6 Å². The van der Waals surface area contributed by atoms with Gasteiger partial charge in [0.2, 0.25) is 0 Å². The van der Waals surface area contributed by atoms with Gasteiger partial charge in [0, 0.05) is 13.0 Å². The number of hydroxylamine groups is 2. The van der Waals surface area contributed by atoms with Gasteiger partial charge in [0.1, 0.15) is 0 Å². The number of carbonyl (C=O) groups excluding carboxylic acids is 2. The van der Waals surface area contributed by atoms with Gasteiger partial charge in [-0.2, -0.15) is 0 Å². The first kappa shape index (κ1) is 21.3. The summed E-state index contributed by atoms with van der Waals surface area (Å²) < 4.78 is 7.78. The second-order valence-corrected chi connectivity index (χ2v) is 13.3. The smallest absolute Gasteiger partial charge is 0.285 e. The normalized spacial score (nSPS) is 14.6. The molecule has 0 radical (unpaired) electrons. The van der Waals surface area contributed by atoms with Gasteiger partial charge in [-0.25, -0.2) is 4.68 Å². The lowest BCUT2D eigenvalue weighted by Gasteiger charge is -2.36. The number of tetrazole rings is 1. The Morgan fingerprint density at radius 1 is 1.03 bits per heavy atom.